The second kappa shape index (κ2) is 8.28. The lowest BCUT2D eigenvalue weighted by Crippen LogP contribution is -2.21. The maximum Gasteiger partial charge on any atom is 0.573 e. The summed E-state index contributed by atoms with van der Waals surface area (Å²) in [6, 6.07) is 10.7. The van der Waals surface area contributed by atoms with E-state index in [-0.39, 0.29) is 30.2 Å². The first-order valence-corrected chi connectivity index (χ1v) is 9.89. The first-order chi connectivity index (χ1) is 16.2. The molecular formula is C22H14F5N5O2. The Morgan fingerprint density at radius 1 is 1.09 bits per heavy atom. The minimum atomic E-state index is -4.77. The summed E-state index contributed by atoms with van der Waals surface area (Å²) in [6.07, 6.45) is -3.25. The van der Waals surface area contributed by atoms with Crippen molar-refractivity contribution in [1.29, 1.82) is 0 Å². The lowest BCUT2D eigenvalue weighted by molar-refractivity contribution is -0.274. The van der Waals surface area contributed by atoms with Crippen molar-refractivity contribution in [3.8, 4) is 28.5 Å². The summed E-state index contributed by atoms with van der Waals surface area (Å²) in [7, 11) is 0. The maximum atomic E-state index is 14.1. The van der Waals surface area contributed by atoms with Crippen molar-refractivity contribution in [2.45, 2.75) is 19.5 Å². The molecule has 1 aliphatic heterocycles. The fourth-order valence-electron chi connectivity index (χ4n) is 3.44. The standard InChI is InChI=1S/C22H14F5N5O2/c23-16-3-1-2-15(20(16)24)21-29-17-9-28-32(11-18(17)30-21)10-13-8-19(34-31-13)12-4-6-14(7-5-12)33-22(25,26)27/h1-9H,10-11H2,(H,29,30). The Morgan fingerprint density at radius 2 is 1.88 bits per heavy atom. The van der Waals surface area contributed by atoms with Gasteiger partial charge in [0.2, 0.25) is 0 Å². The molecular weight excluding hydrogens is 461 g/mol. The zero-order valence-electron chi connectivity index (χ0n) is 17.1. The number of hydrogen-bond donors (Lipinski definition) is 1. The molecule has 0 saturated carbocycles. The van der Waals surface area contributed by atoms with Gasteiger partial charge < -0.3 is 14.2 Å². The molecule has 7 nitrogen and oxygen atoms in total. The van der Waals surface area contributed by atoms with E-state index in [1.54, 1.807) is 11.1 Å². The summed E-state index contributed by atoms with van der Waals surface area (Å²) in [6.45, 7) is 0.538. The second-order valence-electron chi connectivity index (χ2n) is 7.37. The van der Waals surface area contributed by atoms with Crippen molar-refractivity contribution in [2.24, 2.45) is 5.10 Å². The van der Waals surface area contributed by atoms with E-state index in [4.69, 9.17) is 4.52 Å². The van der Waals surface area contributed by atoms with E-state index in [0.29, 0.717) is 28.4 Å². The third-order valence-electron chi connectivity index (χ3n) is 4.98. The minimum Gasteiger partial charge on any atom is -0.406 e. The van der Waals surface area contributed by atoms with Crippen molar-refractivity contribution in [1.82, 2.24) is 20.1 Å². The second-order valence-corrected chi connectivity index (χ2v) is 7.37. The van der Waals surface area contributed by atoms with E-state index < -0.39 is 18.0 Å². The summed E-state index contributed by atoms with van der Waals surface area (Å²) in [5.74, 6) is -1.75. The lowest BCUT2D eigenvalue weighted by Gasteiger charge is -2.19. The van der Waals surface area contributed by atoms with E-state index >= 15 is 0 Å². The van der Waals surface area contributed by atoms with Crippen LogP contribution in [-0.2, 0) is 13.1 Å². The highest BCUT2D eigenvalue weighted by molar-refractivity contribution is 5.80. The molecule has 5 rings (SSSR count). The maximum absolute atomic E-state index is 14.1. The molecule has 0 bridgehead atoms. The monoisotopic (exact) mass is 475 g/mol. The first kappa shape index (κ1) is 21.6. The molecule has 0 atom stereocenters. The number of hydrogen-bond acceptors (Lipinski definition) is 6. The van der Waals surface area contributed by atoms with Gasteiger partial charge in [0.1, 0.15) is 17.3 Å². The highest BCUT2D eigenvalue weighted by Crippen LogP contribution is 2.28. The lowest BCUT2D eigenvalue weighted by atomic mass is 10.1. The number of halogens is 5. The van der Waals surface area contributed by atoms with Crippen molar-refractivity contribution in [3.05, 3.63) is 77.2 Å². The van der Waals surface area contributed by atoms with Crippen molar-refractivity contribution < 1.29 is 31.2 Å². The van der Waals surface area contributed by atoms with Gasteiger partial charge in [0.15, 0.2) is 17.4 Å². The number of aromatic nitrogens is 3. The van der Waals surface area contributed by atoms with Crippen LogP contribution in [0, 0.1) is 11.6 Å². The molecule has 34 heavy (non-hydrogen) atoms. The minimum absolute atomic E-state index is 0.0159. The Labute approximate surface area is 188 Å². The number of hydrazone groups is 1. The molecule has 0 fully saturated rings. The number of ether oxygens (including phenoxy) is 1. The Morgan fingerprint density at radius 3 is 2.65 bits per heavy atom. The van der Waals surface area contributed by atoms with E-state index in [1.807, 2.05) is 0 Å². The molecule has 1 aliphatic rings. The topological polar surface area (TPSA) is 79.5 Å². The molecule has 12 heteroatoms. The highest BCUT2D eigenvalue weighted by atomic mass is 19.4. The molecule has 4 aromatic rings. The SMILES string of the molecule is Fc1cccc(-c2nc3c([nH]2)C=NN(Cc2cc(-c4ccc(OC(F)(F)F)cc4)on2)C3)c1F. The predicted molar refractivity (Wildman–Crippen MR) is 109 cm³/mol. The molecule has 2 aromatic carbocycles. The van der Waals surface area contributed by atoms with Gasteiger partial charge in [0, 0.05) is 11.6 Å². The predicted octanol–water partition coefficient (Wildman–Crippen LogP) is 5.26. The molecule has 0 amide bonds. The fraction of sp³-hybridized carbons (Fsp3) is 0.136. The summed E-state index contributed by atoms with van der Waals surface area (Å²) in [5, 5.41) is 9.93. The van der Waals surface area contributed by atoms with Crippen LogP contribution in [0.2, 0.25) is 0 Å². The zero-order chi connectivity index (χ0) is 23.9. The Bertz CT molecular complexity index is 1360. The van der Waals surface area contributed by atoms with Gasteiger partial charge in [-0.1, -0.05) is 11.2 Å². The molecule has 174 valence electrons. The molecule has 3 heterocycles. The Hall–Kier alpha value is -4.22. The van der Waals surface area contributed by atoms with Crippen LogP contribution in [0.25, 0.3) is 22.7 Å². The van der Waals surface area contributed by atoms with Gasteiger partial charge in [0.05, 0.1) is 36.3 Å². The normalized spacial score (nSPS) is 13.3. The average Bonchev–Trinajstić information content (AvgIpc) is 3.42. The number of nitrogens with zero attached hydrogens (tertiary/aromatic N) is 4. The quantitative estimate of drug-likeness (QED) is 0.399. The van der Waals surface area contributed by atoms with Crippen LogP contribution in [-0.4, -0.2) is 32.7 Å². The zero-order valence-corrected chi connectivity index (χ0v) is 17.1. The third-order valence-corrected chi connectivity index (χ3v) is 4.98. The summed E-state index contributed by atoms with van der Waals surface area (Å²) >= 11 is 0. The number of aromatic amines is 1. The van der Waals surface area contributed by atoms with Gasteiger partial charge in [-0.05, 0) is 36.4 Å². The number of nitrogens with one attached hydrogen (secondary N) is 1. The first-order valence-electron chi connectivity index (χ1n) is 9.89. The van der Waals surface area contributed by atoms with Crippen LogP contribution in [0.5, 0.6) is 5.75 Å². The molecule has 0 radical (unpaired) electrons. The van der Waals surface area contributed by atoms with Crippen LogP contribution >= 0.6 is 0 Å². The van der Waals surface area contributed by atoms with Crippen LogP contribution in [0.15, 0.2) is 58.2 Å². The largest absolute Gasteiger partial charge is 0.573 e. The molecule has 0 saturated heterocycles. The number of imidazole rings is 1. The number of alkyl halides is 3. The van der Waals surface area contributed by atoms with E-state index in [0.717, 1.165) is 6.07 Å². The molecule has 0 unspecified atom stereocenters. The van der Waals surface area contributed by atoms with Crippen LogP contribution in [0.3, 0.4) is 0 Å². The number of fused-ring (bicyclic) bond motifs is 1. The number of benzene rings is 2. The number of rotatable bonds is 5. The van der Waals surface area contributed by atoms with Crippen molar-refractivity contribution in [2.75, 3.05) is 0 Å². The molecule has 2 aromatic heterocycles. The van der Waals surface area contributed by atoms with Gasteiger partial charge in [-0.3, -0.25) is 5.01 Å². The van der Waals surface area contributed by atoms with Crippen LogP contribution in [0.1, 0.15) is 17.1 Å². The summed E-state index contributed by atoms with van der Waals surface area (Å²) < 4.78 is 73.7. The smallest absolute Gasteiger partial charge is 0.406 e. The summed E-state index contributed by atoms with van der Waals surface area (Å²) in [4.78, 5) is 7.31. The Kier molecular flexibility index (Phi) is 5.27. The van der Waals surface area contributed by atoms with Crippen LogP contribution < -0.4 is 4.74 Å². The highest BCUT2D eigenvalue weighted by Gasteiger charge is 2.31. The molecule has 0 aliphatic carbocycles. The average molecular weight is 475 g/mol. The number of H-pyrrole nitrogens is 1. The van der Waals surface area contributed by atoms with Crippen molar-refractivity contribution in [3.63, 3.8) is 0 Å². The Balaban J connectivity index is 1.27. The third kappa shape index (κ3) is 4.47. The molecule has 1 N–H and O–H groups in total. The van der Waals surface area contributed by atoms with Gasteiger partial charge in [-0.2, -0.15) is 5.10 Å². The van der Waals surface area contributed by atoms with Gasteiger partial charge >= 0.3 is 6.36 Å². The van der Waals surface area contributed by atoms with E-state index in [2.05, 4.69) is 25.0 Å². The van der Waals surface area contributed by atoms with E-state index in [9.17, 15) is 22.0 Å². The van der Waals surface area contributed by atoms with Gasteiger partial charge in [0.25, 0.3) is 0 Å². The van der Waals surface area contributed by atoms with Crippen LogP contribution in [0.4, 0.5) is 22.0 Å². The molecule has 0 spiro atoms. The van der Waals surface area contributed by atoms with E-state index in [1.165, 1.54) is 42.6 Å². The van der Waals surface area contributed by atoms with Gasteiger partial charge in [-0.25, -0.2) is 13.8 Å². The fourth-order valence-corrected chi connectivity index (χ4v) is 3.44. The van der Waals surface area contributed by atoms with Gasteiger partial charge in [-0.15, -0.1) is 13.2 Å². The summed E-state index contributed by atoms with van der Waals surface area (Å²) in [5.41, 5.74) is 2.24. The van der Waals surface area contributed by atoms with Crippen molar-refractivity contribution >= 4 is 6.21 Å².